The van der Waals surface area contributed by atoms with Crippen LogP contribution in [0.25, 0.3) is 6.08 Å². The number of ether oxygens (including phenoxy) is 1. The Bertz CT molecular complexity index is 1080. The number of phenols is 1. The second-order valence-electron chi connectivity index (χ2n) is 8.89. The summed E-state index contributed by atoms with van der Waals surface area (Å²) < 4.78 is 19.6. The third-order valence-corrected chi connectivity index (χ3v) is 5.82. The number of carbonyl (C=O) groups excluding carboxylic acids is 1. The van der Waals surface area contributed by atoms with E-state index in [0.29, 0.717) is 37.2 Å². The van der Waals surface area contributed by atoms with Gasteiger partial charge in [0.05, 0.1) is 6.61 Å². The maximum atomic E-state index is 14.5. The lowest BCUT2D eigenvalue weighted by atomic mass is 9.98. The molecule has 2 aromatic carbocycles. The van der Waals surface area contributed by atoms with Gasteiger partial charge in [0.15, 0.2) is 5.96 Å². The predicted octanol–water partition coefficient (Wildman–Crippen LogP) is 3.75. The molecule has 1 heterocycles. The molecule has 3 rings (SSSR count). The Hall–Kier alpha value is -3.39. The lowest BCUT2D eigenvalue weighted by molar-refractivity contribution is 0.0750. The summed E-state index contributed by atoms with van der Waals surface area (Å²) in [5, 5.41) is 9.84. The number of benzene rings is 2. The molecule has 8 heteroatoms. The van der Waals surface area contributed by atoms with Crippen molar-refractivity contribution in [2.45, 2.75) is 32.1 Å². The second-order valence-corrected chi connectivity index (χ2v) is 8.89. The minimum atomic E-state index is -1.56. The van der Waals surface area contributed by atoms with Gasteiger partial charge in [-0.2, -0.15) is 0 Å². The molecule has 1 saturated heterocycles. The van der Waals surface area contributed by atoms with Gasteiger partial charge in [-0.25, -0.2) is 9.38 Å². The van der Waals surface area contributed by atoms with Crippen LogP contribution in [0.1, 0.15) is 41.8 Å². The highest BCUT2D eigenvalue weighted by atomic mass is 19.1. The maximum absolute atomic E-state index is 14.5. The molecule has 0 aromatic heterocycles. The molecule has 1 unspecified atom stereocenters. The van der Waals surface area contributed by atoms with Crippen LogP contribution in [0.15, 0.2) is 59.1 Å². The van der Waals surface area contributed by atoms with Crippen molar-refractivity contribution in [2.75, 3.05) is 33.9 Å². The van der Waals surface area contributed by atoms with Crippen molar-refractivity contribution in [1.82, 2.24) is 9.80 Å². The van der Waals surface area contributed by atoms with Gasteiger partial charge in [-0.05, 0) is 61.2 Å². The van der Waals surface area contributed by atoms with Crippen LogP contribution < -0.4 is 5.73 Å². The van der Waals surface area contributed by atoms with E-state index in [0.717, 1.165) is 11.1 Å². The van der Waals surface area contributed by atoms with E-state index in [4.69, 9.17) is 15.5 Å². The van der Waals surface area contributed by atoms with Crippen molar-refractivity contribution < 1.29 is 19.0 Å². The third kappa shape index (κ3) is 6.14. The van der Waals surface area contributed by atoms with Gasteiger partial charge >= 0.3 is 0 Å². The largest absolute Gasteiger partial charge is 0.508 e. The van der Waals surface area contributed by atoms with E-state index in [-0.39, 0.29) is 17.6 Å². The lowest BCUT2D eigenvalue weighted by Crippen LogP contribution is -2.41. The van der Waals surface area contributed by atoms with Crippen LogP contribution in [-0.2, 0) is 10.4 Å². The molecular weight excluding hydrogens is 435 g/mol. The van der Waals surface area contributed by atoms with Crippen molar-refractivity contribution in [1.29, 1.82) is 0 Å². The number of carbonyl (C=O) groups is 1. The summed E-state index contributed by atoms with van der Waals surface area (Å²) in [6.07, 6.45) is 1.89. The Balaban J connectivity index is 1.97. The number of rotatable bonds is 7. The Kier molecular flexibility index (Phi) is 7.94. The van der Waals surface area contributed by atoms with Crippen LogP contribution in [-0.4, -0.2) is 66.8 Å². The Morgan fingerprint density at radius 1 is 1.32 bits per heavy atom. The van der Waals surface area contributed by atoms with E-state index in [2.05, 4.69) is 0 Å². The van der Waals surface area contributed by atoms with Crippen LogP contribution >= 0.6 is 0 Å². The smallest absolute Gasteiger partial charge is 0.255 e. The lowest BCUT2D eigenvalue weighted by Gasteiger charge is -2.25. The van der Waals surface area contributed by atoms with E-state index in [1.807, 2.05) is 19.2 Å². The minimum Gasteiger partial charge on any atom is -0.508 e. The van der Waals surface area contributed by atoms with E-state index in [9.17, 15) is 14.3 Å². The fourth-order valence-corrected chi connectivity index (χ4v) is 3.80. The number of likely N-dealkylation sites (tertiary alicyclic amines) is 1. The molecule has 1 aliphatic rings. The zero-order chi connectivity index (χ0) is 24.9. The van der Waals surface area contributed by atoms with E-state index in [1.54, 1.807) is 59.4 Å². The number of aliphatic imine (C=N–C) groups is 1. The van der Waals surface area contributed by atoms with Gasteiger partial charge in [0.1, 0.15) is 17.6 Å². The van der Waals surface area contributed by atoms with Crippen LogP contribution in [0.4, 0.5) is 4.39 Å². The van der Waals surface area contributed by atoms with Crippen molar-refractivity contribution in [3.63, 3.8) is 0 Å². The summed E-state index contributed by atoms with van der Waals surface area (Å²) >= 11 is 0. The highest BCUT2D eigenvalue weighted by Gasteiger charge is 2.34. The number of nitrogens with zero attached hydrogens (tertiary/aromatic N) is 3. The molecule has 1 atom stereocenters. The number of halogens is 1. The number of nitrogens with two attached hydrogens (primary N) is 1. The van der Waals surface area contributed by atoms with Crippen LogP contribution in [0.3, 0.4) is 0 Å². The second kappa shape index (κ2) is 10.7. The van der Waals surface area contributed by atoms with Gasteiger partial charge in [-0.3, -0.25) is 4.79 Å². The molecule has 0 saturated carbocycles. The fraction of sp³-hybridized carbons (Fsp3) is 0.385. The molecule has 1 amide bonds. The van der Waals surface area contributed by atoms with Gasteiger partial charge in [-0.15, -0.1) is 0 Å². The number of phenolic OH excluding ortho intramolecular Hbond substituents is 1. The number of alkyl halides is 1. The number of guanidine groups is 1. The topological polar surface area (TPSA) is 91.4 Å². The molecule has 1 aliphatic heterocycles. The Morgan fingerprint density at radius 3 is 2.74 bits per heavy atom. The summed E-state index contributed by atoms with van der Waals surface area (Å²) in [5.74, 6) is 0.193. The third-order valence-electron chi connectivity index (χ3n) is 5.82. The zero-order valence-electron chi connectivity index (χ0n) is 20.2. The monoisotopic (exact) mass is 468 g/mol. The summed E-state index contributed by atoms with van der Waals surface area (Å²) in [7, 11) is 3.42. The van der Waals surface area contributed by atoms with Crippen molar-refractivity contribution in [3.8, 4) is 5.75 Å². The van der Waals surface area contributed by atoms with Crippen molar-refractivity contribution >= 4 is 17.9 Å². The SMILES string of the molecule is COCCN(C)C(N)=NC1C(=Cc2cccc(O)c2)CCN1C(=O)c1cccc(C(C)(C)F)c1. The van der Waals surface area contributed by atoms with Gasteiger partial charge < -0.3 is 25.4 Å². The van der Waals surface area contributed by atoms with Gasteiger partial charge in [0.25, 0.3) is 5.91 Å². The normalized spacial score (nSPS) is 17.9. The minimum absolute atomic E-state index is 0.157. The standard InChI is InChI=1S/C26H33FN4O3/c1-26(2,27)21-9-6-8-20(17-21)24(33)31-12-11-19(15-18-7-5-10-22(32)16-18)23(31)29-25(28)30(3)13-14-34-4/h5-10,15-17,23,32H,11-14H2,1-4H3,(H2,28,29). The van der Waals surface area contributed by atoms with Crippen molar-refractivity contribution in [2.24, 2.45) is 10.7 Å². The first-order valence-electron chi connectivity index (χ1n) is 11.2. The highest BCUT2D eigenvalue weighted by Crippen LogP contribution is 2.31. The van der Waals surface area contributed by atoms with Crippen LogP contribution in [0.2, 0.25) is 0 Å². The molecule has 0 bridgehead atoms. The highest BCUT2D eigenvalue weighted by molar-refractivity contribution is 5.95. The number of aromatic hydroxyl groups is 1. The molecule has 34 heavy (non-hydrogen) atoms. The number of amides is 1. The van der Waals surface area contributed by atoms with Gasteiger partial charge in [0.2, 0.25) is 0 Å². The average molecular weight is 469 g/mol. The van der Waals surface area contributed by atoms with Crippen LogP contribution in [0, 0.1) is 0 Å². The summed E-state index contributed by atoms with van der Waals surface area (Å²) in [5.41, 5.74) is 7.23. The molecule has 0 spiro atoms. The molecule has 7 nitrogen and oxygen atoms in total. The van der Waals surface area contributed by atoms with Gasteiger partial charge in [0, 0.05) is 32.8 Å². The van der Waals surface area contributed by atoms with E-state index >= 15 is 0 Å². The molecule has 0 radical (unpaired) electrons. The summed E-state index contributed by atoms with van der Waals surface area (Å²) in [6.45, 7) is 4.40. The number of methoxy groups -OCH3 is 1. The average Bonchev–Trinajstić information content (AvgIpc) is 3.18. The molecule has 0 aliphatic carbocycles. The summed E-state index contributed by atoms with van der Waals surface area (Å²) in [6, 6.07) is 13.5. The number of likely N-dealkylation sites (N-methyl/N-ethyl adjacent to an activating group) is 1. The van der Waals surface area contributed by atoms with E-state index in [1.165, 1.54) is 13.8 Å². The first kappa shape index (κ1) is 25.2. The first-order valence-corrected chi connectivity index (χ1v) is 11.2. The number of hydrogen-bond donors (Lipinski definition) is 2. The predicted molar refractivity (Wildman–Crippen MR) is 132 cm³/mol. The Labute approximate surface area is 200 Å². The quantitative estimate of drug-likeness (QED) is 0.477. The van der Waals surface area contributed by atoms with E-state index < -0.39 is 11.8 Å². The van der Waals surface area contributed by atoms with Gasteiger partial charge in [-0.1, -0.05) is 30.3 Å². The number of hydrogen-bond acceptors (Lipinski definition) is 4. The Morgan fingerprint density at radius 2 is 2.06 bits per heavy atom. The molecule has 182 valence electrons. The molecular formula is C26H33FN4O3. The zero-order valence-corrected chi connectivity index (χ0v) is 20.2. The fourth-order valence-electron chi connectivity index (χ4n) is 3.80. The summed E-state index contributed by atoms with van der Waals surface area (Å²) in [4.78, 5) is 21.6. The first-order chi connectivity index (χ1) is 16.1. The molecule has 3 N–H and O–H groups in total. The molecule has 2 aromatic rings. The molecule has 1 fully saturated rings. The van der Waals surface area contributed by atoms with Crippen LogP contribution in [0.5, 0.6) is 5.75 Å². The van der Waals surface area contributed by atoms with Crippen molar-refractivity contribution in [3.05, 3.63) is 70.8 Å². The maximum Gasteiger partial charge on any atom is 0.255 e.